The van der Waals surface area contributed by atoms with Gasteiger partial charge in [0.15, 0.2) is 10.9 Å². The van der Waals surface area contributed by atoms with Crippen molar-refractivity contribution in [1.82, 2.24) is 15.4 Å². The molecule has 0 spiro atoms. The van der Waals surface area contributed by atoms with E-state index in [-0.39, 0.29) is 6.17 Å². The first kappa shape index (κ1) is 22.5. The fourth-order valence-corrected chi connectivity index (χ4v) is 3.90. The van der Waals surface area contributed by atoms with Gasteiger partial charge in [0.1, 0.15) is 6.17 Å². The SMILES string of the molecule is CN[S+]([O-])c1ccc(NCCCNC2C=C(c3cccc(Cl)c3C)NC(N)=N2)cc1. The molecule has 1 aliphatic rings. The number of nitrogens with zero attached hydrogens (tertiary/aromatic N) is 1. The predicted octanol–water partition coefficient (Wildman–Crippen LogP) is 2.57. The summed E-state index contributed by atoms with van der Waals surface area (Å²) in [5.41, 5.74) is 9.88. The van der Waals surface area contributed by atoms with Crippen molar-refractivity contribution < 1.29 is 4.55 Å². The van der Waals surface area contributed by atoms with Crippen LogP contribution in [0.4, 0.5) is 5.69 Å². The molecule has 0 amide bonds. The number of rotatable bonds is 9. The summed E-state index contributed by atoms with van der Waals surface area (Å²) in [5, 5.41) is 10.6. The molecule has 7 nitrogen and oxygen atoms in total. The fourth-order valence-electron chi connectivity index (χ4n) is 3.10. The van der Waals surface area contributed by atoms with Crippen molar-refractivity contribution in [2.24, 2.45) is 10.7 Å². The molecular formula is C21H27ClN6OS. The van der Waals surface area contributed by atoms with Crippen LogP contribution in [0.3, 0.4) is 0 Å². The molecule has 2 atom stereocenters. The Balaban J connectivity index is 1.49. The molecule has 1 aliphatic heterocycles. The molecule has 0 aromatic heterocycles. The Morgan fingerprint density at radius 3 is 2.70 bits per heavy atom. The molecule has 0 bridgehead atoms. The first-order chi connectivity index (χ1) is 14.5. The van der Waals surface area contributed by atoms with Crippen molar-refractivity contribution in [2.45, 2.75) is 24.4 Å². The largest absolute Gasteiger partial charge is 0.593 e. The van der Waals surface area contributed by atoms with E-state index in [0.29, 0.717) is 5.96 Å². The van der Waals surface area contributed by atoms with Crippen LogP contribution in [-0.2, 0) is 11.4 Å². The van der Waals surface area contributed by atoms with Crippen LogP contribution in [0.5, 0.6) is 0 Å². The van der Waals surface area contributed by atoms with E-state index < -0.39 is 11.4 Å². The molecule has 160 valence electrons. The van der Waals surface area contributed by atoms with E-state index >= 15 is 0 Å². The summed E-state index contributed by atoms with van der Waals surface area (Å²) in [6.45, 7) is 3.56. The summed E-state index contributed by atoms with van der Waals surface area (Å²) in [5.74, 6) is 0.376. The molecule has 2 aromatic rings. The lowest BCUT2D eigenvalue weighted by molar-refractivity contribution is 0.587. The van der Waals surface area contributed by atoms with Gasteiger partial charge in [-0.3, -0.25) is 5.32 Å². The third-order valence-corrected chi connectivity index (χ3v) is 6.19. The van der Waals surface area contributed by atoms with Gasteiger partial charge in [0.2, 0.25) is 0 Å². The van der Waals surface area contributed by atoms with Crippen molar-refractivity contribution >= 4 is 40.3 Å². The maximum absolute atomic E-state index is 11.7. The van der Waals surface area contributed by atoms with Gasteiger partial charge < -0.3 is 20.9 Å². The molecule has 30 heavy (non-hydrogen) atoms. The lowest BCUT2D eigenvalue weighted by Gasteiger charge is -2.22. The summed E-state index contributed by atoms with van der Waals surface area (Å²) in [6, 6.07) is 13.4. The number of aliphatic imine (C=N–C) groups is 1. The number of nitrogens with one attached hydrogen (secondary N) is 4. The minimum Gasteiger partial charge on any atom is -0.593 e. The lowest BCUT2D eigenvalue weighted by atomic mass is 10.0. The third kappa shape index (κ3) is 5.90. The molecule has 3 rings (SSSR count). The molecule has 0 radical (unpaired) electrons. The van der Waals surface area contributed by atoms with Gasteiger partial charge in [0.25, 0.3) is 0 Å². The van der Waals surface area contributed by atoms with Crippen molar-refractivity contribution in [1.29, 1.82) is 0 Å². The van der Waals surface area contributed by atoms with Gasteiger partial charge in [-0.2, -0.15) is 0 Å². The Kier molecular flexibility index (Phi) is 8.01. The zero-order chi connectivity index (χ0) is 21.5. The van der Waals surface area contributed by atoms with Gasteiger partial charge in [0, 0.05) is 35.6 Å². The highest BCUT2D eigenvalue weighted by molar-refractivity contribution is 7.89. The minimum atomic E-state index is -1.16. The van der Waals surface area contributed by atoms with Crippen LogP contribution >= 0.6 is 11.6 Å². The number of hydrogen-bond donors (Lipinski definition) is 5. The molecule has 1 heterocycles. The van der Waals surface area contributed by atoms with Crippen LogP contribution in [0.25, 0.3) is 5.70 Å². The number of guanidine groups is 1. The summed E-state index contributed by atoms with van der Waals surface area (Å²) in [7, 11) is 1.67. The van der Waals surface area contributed by atoms with Crippen molar-refractivity contribution in [3.8, 4) is 0 Å². The molecule has 9 heteroatoms. The van der Waals surface area contributed by atoms with Crippen LogP contribution in [0.2, 0.25) is 5.02 Å². The molecule has 0 saturated heterocycles. The molecule has 2 unspecified atom stereocenters. The second-order valence-corrected chi connectivity index (χ2v) is 8.63. The maximum atomic E-state index is 11.7. The number of hydrogen-bond acceptors (Lipinski definition) is 7. The smallest absolute Gasteiger partial charge is 0.195 e. The molecule has 6 N–H and O–H groups in total. The van der Waals surface area contributed by atoms with Crippen molar-refractivity contribution in [3.63, 3.8) is 0 Å². The first-order valence-corrected chi connectivity index (χ1v) is 11.2. The minimum absolute atomic E-state index is 0.199. The van der Waals surface area contributed by atoms with Crippen LogP contribution in [0.1, 0.15) is 17.5 Å². The normalized spacial score (nSPS) is 17.0. The van der Waals surface area contributed by atoms with E-state index in [1.54, 1.807) is 7.05 Å². The first-order valence-electron chi connectivity index (χ1n) is 9.72. The second kappa shape index (κ2) is 10.7. The zero-order valence-electron chi connectivity index (χ0n) is 17.0. The van der Waals surface area contributed by atoms with Crippen molar-refractivity contribution in [2.75, 3.05) is 25.5 Å². The number of nitrogens with two attached hydrogens (primary N) is 1. The van der Waals surface area contributed by atoms with Gasteiger partial charge in [-0.05, 0) is 61.9 Å². The standard InChI is InChI=1S/C21H27ClN6OS/c1-14-17(5-3-6-18(14)22)19-13-20(28-21(23)27-19)26-12-4-11-25-15-7-9-16(10-8-15)30(29)24-2/h3,5-10,13,20,24-26H,4,11-12H2,1-2H3,(H3,23,27,28). The lowest BCUT2D eigenvalue weighted by Crippen LogP contribution is -2.40. The molecule has 0 fully saturated rings. The molecule has 0 saturated carbocycles. The quantitative estimate of drug-likeness (QED) is 0.299. The molecule has 0 aliphatic carbocycles. The van der Waals surface area contributed by atoms with Crippen LogP contribution < -0.4 is 26.4 Å². The summed E-state index contributed by atoms with van der Waals surface area (Å²) >= 11 is 5.09. The van der Waals surface area contributed by atoms with Crippen LogP contribution in [-0.4, -0.2) is 36.8 Å². The Labute approximate surface area is 185 Å². The number of benzene rings is 2. The van der Waals surface area contributed by atoms with Gasteiger partial charge in [-0.25, -0.2) is 4.99 Å². The molecular weight excluding hydrogens is 420 g/mol. The third-order valence-electron chi connectivity index (χ3n) is 4.71. The Bertz CT molecular complexity index is 918. The van der Waals surface area contributed by atoms with Crippen molar-refractivity contribution in [3.05, 3.63) is 64.7 Å². The Morgan fingerprint density at radius 2 is 1.97 bits per heavy atom. The van der Waals surface area contributed by atoms with Gasteiger partial charge >= 0.3 is 0 Å². The maximum Gasteiger partial charge on any atom is 0.195 e. The Morgan fingerprint density at radius 1 is 1.20 bits per heavy atom. The van der Waals surface area contributed by atoms with E-state index in [2.05, 4.69) is 25.7 Å². The average molecular weight is 447 g/mol. The second-order valence-electron chi connectivity index (χ2n) is 6.81. The van der Waals surface area contributed by atoms with E-state index in [0.717, 1.165) is 51.9 Å². The van der Waals surface area contributed by atoms with Crippen LogP contribution in [0.15, 0.2) is 58.4 Å². The number of anilines is 1. The molecule has 2 aromatic carbocycles. The number of halogens is 1. The van der Waals surface area contributed by atoms with E-state index in [1.807, 2.05) is 55.5 Å². The van der Waals surface area contributed by atoms with E-state index in [4.69, 9.17) is 17.3 Å². The van der Waals surface area contributed by atoms with Crippen LogP contribution in [0, 0.1) is 6.92 Å². The Hall–Kier alpha value is -2.23. The highest BCUT2D eigenvalue weighted by Crippen LogP contribution is 2.25. The van der Waals surface area contributed by atoms with Gasteiger partial charge in [0.05, 0.1) is 11.4 Å². The highest BCUT2D eigenvalue weighted by atomic mass is 35.5. The topological polar surface area (TPSA) is 110 Å². The predicted molar refractivity (Wildman–Crippen MR) is 126 cm³/mol. The zero-order valence-corrected chi connectivity index (χ0v) is 18.6. The fraction of sp³-hybridized carbons (Fsp3) is 0.286. The van der Waals surface area contributed by atoms with Gasteiger partial charge in [-0.15, -0.1) is 4.72 Å². The summed E-state index contributed by atoms with van der Waals surface area (Å²) in [6.07, 6.45) is 2.72. The monoisotopic (exact) mass is 446 g/mol. The summed E-state index contributed by atoms with van der Waals surface area (Å²) in [4.78, 5) is 5.16. The van der Waals surface area contributed by atoms with E-state index in [9.17, 15) is 4.55 Å². The summed E-state index contributed by atoms with van der Waals surface area (Å²) < 4.78 is 14.4. The average Bonchev–Trinajstić information content (AvgIpc) is 2.75. The van der Waals surface area contributed by atoms with Gasteiger partial charge in [-0.1, -0.05) is 23.7 Å². The highest BCUT2D eigenvalue weighted by Gasteiger charge is 2.16. The van der Waals surface area contributed by atoms with E-state index in [1.165, 1.54) is 0 Å².